The molecule has 1 fully saturated rings. The van der Waals surface area contributed by atoms with Crippen molar-refractivity contribution < 1.29 is 14.7 Å². The Labute approximate surface area is 129 Å². The number of rotatable bonds is 5. The lowest BCUT2D eigenvalue weighted by atomic mass is 10.1. The van der Waals surface area contributed by atoms with E-state index in [9.17, 15) is 14.7 Å². The van der Waals surface area contributed by atoms with E-state index in [0.29, 0.717) is 19.4 Å². The van der Waals surface area contributed by atoms with Crippen molar-refractivity contribution in [3.8, 4) is 0 Å². The van der Waals surface area contributed by atoms with Gasteiger partial charge in [-0.1, -0.05) is 18.2 Å². The Morgan fingerprint density at radius 3 is 2.86 bits per heavy atom. The third kappa shape index (κ3) is 2.64. The molecule has 1 saturated heterocycles. The topological polar surface area (TPSA) is 62.5 Å². The predicted molar refractivity (Wildman–Crippen MR) is 84.1 cm³/mol. The summed E-state index contributed by atoms with van der Waals surface area (Å²) in [5, 5.41) is 10.1. The Kier molecular flexibility index (Phi) is 3.98. The Hall–Kier alpha value is -2.14. The Balaban J connectivity index is 1.73. The van der Waals surface area contributed by atoms with Gasteiger partial charge in [-0.25, -0.2) is 0 Å². The van der Waals surface area contributed by atoms with Crippen molar-refractivity contribution in [2.24, 2.45) is 7.05 Å². The number of aryl methyl sites for hydroxylation is 1. The number of carbonyl (C=O) groups is 2. The van der Waals surface area contributed by atoms with Gasteiger partial charge < -0.3 is 9.67 Å². The summed E-state index contributed by atoms with van der Waals surface area (Å²) in [7, 11) is 1.93. The molecule has 22 heavy (non-hydrogen) atoms. The molecule has 116 valence electrons. The summed E-state index contributed by atoms with van der Waals surface area (Å²) in [6.45, 7) is 1.28. The molecule has 1 N–H and O–H groups in total. The molecule has 5 heteroatoms. The van der Waals surface area contributed by atoms with Crippen molar-refractivity contribution in [1.29, 1.82) is 0 Å². The van der Waals surface area contributed by atoms with E-state index in [4.69, 9.17) is 0 Å². The molecule has 0 spiro atoms. The molecule has 1 aromatic heterocycles. The molecule has 1 atom stereocenters. The minimum absolute atomic E-state index is 0.0767. The molecule has 2 aromatic rings. The average molecular weight is 300 g/mol. The number of carboxylic acid groups (broad SMARTS) is 1. The number of Topliss-reactive ketones (excluding diaryl/α,β-unsaturated/α-hetero) is 1. The highest BCUT2D eigenvalue weighted by molar-refractivity contribution is 6.08. The molecule has 0 saturated carbocycles. The minimum Gasteiger partial charge on any atom is -0.480 e. The van der Waals surface area contributed by atoms with Crippen LogP contribution in [-0.4, -0.2) is 45.5 Å². The number of benzene rings is 1. The number of fused-ring (bicyclic) bond motifs is 1. The van der Waals surface area contributed by atoms with Crippen LogP contribution >= 0.6 is 0 Å². The van der Waals surface area contributed by atoms with E-state index in [1.807, 2.05) is 47.0 Å². The average Bonchev–Trinajstić information content (AvgIpc) is 3.10. The SMILES string of the molecule is Cn1cc(C(=O)CCN2CCCC2C(=O)O)c2ccccc21. The van der Waals surface area contributed by atoms with Crippen LogP contribution in [0, 0.1) is 0 Å². The van der Waals surface area contributed by atoms with Gasteiger partial charge in [0.15, 0.2) is 5.78 Å². The number of hydrogen-bond acceptors (Lipinski definition) is 3. The molecule has 5 nitrogen and oxygen atoms in total. The molecule has 0 amide bonds. The first-order valence-corrected chi connectivity index (χ1v) is 7.62. The number of carbonyl (C=O) groups excluding carboxylic acids is 1. The van der Waals surface area contributed by atoms with E-state index >= 15 is 0 Å². The van der Waals surface area contributed by atoms with Crippen LogP contribution in [0.1, 0.15) is 29.6 Å². The third-order valence-electron chi connectivity index (χ3n) is 4.47. The highest BCUT2D eigenvalue weighted by atomic mass is 16.4. The fourth-order valence-corrected chi connectivity index (χ4v) is 3.32. The fourth-order valence-electron chi connectivity index (χ4n) is 3.32. The molecule has 1 aromatic carbocycles. The summed E-state index contributed by atoms with van der Waals surface area (Å²) in [6, 6.07) is 7.41. The van der Waals surface area contributed by atoms with Gasteiger partial charge in [0.2, 0.25) is 0 Å². The zero-order valence-electron chi connectivity index (χ0n) is 12.7. The first-order valence-electron chi connectivity index (χ1n) is 7.62. The van der Waals surface area contributed by atoms with Gasteiger partial charge in [-0.05, 0) is 25.5 Å². The molecule has 3 rings (SSSR count). The summed E-state index contributed by atoms with van der Waals surface area (Å²) in [5.74, 6) is -0.706. The first-order chi connectivity index (χ1) is 10.6. The number of likely N-dealkylation sites (tertiary alicyclic amines) is 1. The first kappa shape index (κ1) is 14.8. The largest absolute Gasteiger partial charge is 0.480 e. The lowest BCUT2D eigenvalue weighted by molar-refractivity contribution is -0.142. The number of para-hydroxylation sites is 1. The number of aromatic nitrogens is 1. The van der Waals surface area contributed by atoms with Crippen LogP contribution in [0.5, 0.6) is 0 Å². The van der Waals surface area contributed by atoms with Crippen molar-refractivity contribution >= 4 is 22.7 Å². The van der Waals surface area contributed by atoms with Crippen LogP contribution in [0.15, 0.2) is 30.5 Å². The maximum Gasteiger partial charge on any atom is 0.320 e. The summed E-state index contributed by atoms with van der Waals surface area (Å²) >= 11 is 0. The van der Waals surface area contributed by atoms with Gasteiger partial charge in [0.05, 0.1) is 0 Å². The quantitative estimate of drug-likeness (QED) is 0.861. The molecule has 1 aliphatic heterocycles. The van der Waals surface area contributed by atoms with Crippen molar-refractivity contribution in [2.45, 2.75) is 25.3 Å². The van der Waals surface area contributed by atoms with Gasteiger partial charge in [-0.3, -0.25) is 14.5 Å². The second-order valence-electron chi connectivity index (χ2n) is 5.88. The zero-order chi connectivity index (χ0) is 15.7. The number of aliphatic carboxylic acids is 1. The summed E-state index contributed by atoms with van der Waals surface area (Å²) in [5.41, 5.74) is 1.76. The van der Waals surface area contributed by atoms with Crippen LogP contribution in [0.2, 0.25) is 0 Å². The lowest BCUT2D eigenvalue weighted by Crippen LogP contribution is -2.37. The molecule has 2 heterocycles. The Morgan fingerprint density at radius 2 is 2.09 bits per heavy atom. The van der Waals surface area contributed by atoms with E-state index in [0.717, 1.165) is 29.4 Å². The van der Waals surface area contributed by atoms with Gasteiger partial charge in [0.1, 0.15) is 6.04 Å². The predicted octanol–water partition coefficient (Wildman–Crippen LogP) is 2.30. The molecular formula is C17H20N2O3. The smallest absolute Gasteiger partial charge is 0.320 e. The second kappa shape index (κ2) is 5.93. The highest BCUT2D eigenvalue weighted by Gasteiger charge is 2.30. The van der Waals surface area contributed by atoms with Crippen LogP contribution in [0.3, 0.4) is 0 Å². The van der Waals surface area contributed by atoms with E-state index in [-0.39, 0.29) is 5.78 Å². The van der Waals surface area contributed by atoms with E-state index in [1.165, 1.54) is 0 Å². The van der Waals surface area contributed by atoms with Gasteiger partial charge >= 0.3 is 5.97 Å². The number of carboxylic acids is 1. The van der Waals surface area contributed by atoms with Crippen LogP contribution in [0.25, 0.3) is 10.9 Å². The highest BCUT2D eigenvalue weighted by Crippen LogP contribution is 2.23. The van der Waals surface area contributed by atoms with Gasteiger partial charge in [0, 0.05) is 42.7 Å². The van der Waals surface area contributed by atoms with Crippen molar-refractivity contribution in [3.05, 3.63) is 36.0 Å². The summed E-state index contributed by atoms with van der Waals surface area (Å²) in [4.78, 5) is 25.6. The van der Waals surface area contributed by atoms with Crippen LogP contribution < -0.4 is 0 Å². The van der Waals surface area contributed by atoms with E-state index < -0.39 is 12.0 Å². The third-order valence-corrected chi connectivity index (χ3v) is 4.47. The number of nitrogens with zero attached hydrogens (tertiary/aromatic N) is 2. The van der Waals surface area contributed by atoms with Crippen LogP contribution in [-0.2, 0) is 11.8 Å². The van der Waals surface area contributed by atoms with Gasteiger partial charge in [-0.15, -0.1) is 0 Å². The van der Waals surface area contributed by atoms with E-state index in [1.54, 1.807) is 0 Å². The monoisotopic (exact) mass is 300 g/mol. The molecule has 0 radical (unpaired) electrons. The van der Waals surface area contributed by atoms with Crippen LogP contribution in [0.4, 0.5) is 0 Å². The second-order valence-corrected chi connectivity index (χ2v) is 5.88. The molecule has 0 aliphatic carbocycles. The fraction of sp³-hybridized carbons (Fsp3) is 0.412. The Bertz CT molecular complexity index is 720. The number of ketones is 1. The van der Waals surface area contributed by atoms with E-state index in [2.05, 4.69) is 0 Å². The standard InChI is InChI=1S/C17H20N2O3/c1-18-11-13(12-5-2-3-6-14(12)18)16(20)8-10-19-9-4-7-15(19)17(21)22/h2-3,5-6,11,15H,4,7-10H2,1H3,(H,21,22). The minimum atomic E-state index is -0.782. The maximum atomic E-state index is 12.5. The van der Waals surface area contributed by atoms with Crippen molar-refractivity contribution in [1.82, 2.24) is 9.47 Å². The Morgan fingerprint density at radius 1 is 1.32 bits per heavy atom. The zero-order valence-corrected chi connectivity index (χ0v) is 12.7. The summed E-state index contributed by atoms with van der Waals surface area (Å²) in [6.07, 6.45) is 3.79. The molecule has 1 unspecified atom stereocenters. The molecule has 1 aliphatic rings. The lowest BCUT2D eigenvalue weighted by Gasteiger charge is -2.20. The van der Waals surface area contributed by atoms with Crippen molar-refractivity contribution in [2.75, 3.05) is 13.1 Å². The molecular weight excluding hydrogens is 280 g/mol. The summed E-state index contributed by atoms with van der Waals surface area (Å²) < 4.78 is 1.96. The molecule has 0 bridgehead atoms. The van der Waals surface area contributed by atoms with Crippen molar-refractivity contribution in [3.63, 3.8) is 0 Å². The normalized spacial score (nSPS) is 18.9. The maximum absolute atomic E-state index is 12.5. The number of hydrogen-bond donors (Lipinski definition) is 1. The van der Waals surface area contributed by atoms with Gasteiger partial charge in [0.25, 0.3) is 0 Å². The van der Waals surface area contributed by atoms with Gasteiger partial charge in [-0.2, -0.15) is 0 Å².